The maximum atomic E-state index is 11.8. The number of benzene rings is 1. The zero-order chi connectivity index (χ0) is 14.5. The van der Waals surface area contributed by atoms with E-state index in [0.29, 0.717) is 29.7 Å². The van der Waals surface area contributed by atoms with E-state index in [1.54, 1.807) is 17.0 Å². The molecule has 2 amide bonds. The molecule has 0 unspecified atom stereocenters. The van der Waals surface area contributed by atoms with Crippen molar-refractivity contribution < 1.29 is 4.79 Å². The minimum absolute atomic E-state index is 0.0475. The van der Waals surface area contributed by atoms with E-state index in [9.17, 15) is 4.79 Å². The summed E-state index contributed by atoms with van der Waals surface area (Å²) in [6.45, 7) is 6.94. The highest BCUT2D eigenvalue weighted by Gasteiger charge is 2.21. The number of piperazine rings is 1. The van der Waals surface area contributed by atoms with Gasteiger partial charge in [-0.05, 0) is 18.2 Å². The Morgan fingerprint density at radius 2 is 1.80 bits per heavy atom. The van der Waals surface area contributed by atoms with Gasteiger partial charge in [0, 0.05) is 48.5 Å². The quantitative estimate of drug-likeness (QED) is 0.871. The zero-order valence-electron chi connectivity index (χ0n) is 11.1. The lowest BCUT2D eigenvalue weighted by Crippen LogP contribution is -2.51. The Bertz CT molecular complexity index is 479. The maximum Gasteiger partial charge on any atom is 0.317 e. The van der Waals surface area contributed by atoms with Crippen LogP contribution in [0.15, 0.2) is 30.9 Å². The van der Waals surface area contributed by atoms with Crippen LogP contribution in [0.5, 0.6) is 0 Å². The summed E-state index contributed by atoms with van der Waals surface area (Å²) in [6.07, 6.45) is 1.67. The van der Waals surface area contributed by atoms with E-state index in [0.717, 1.165) is 18.8 Å². The second-order valence-corrected chi connectivity index (χ2v) is 5.45. The SMILES string of the molecule is C=CCNC(=O)N1CCN(c2cc(Cl)cc(Cl)c2)CC1. The third-order valence-electron chi connectivity index (χ3n) is 3.18. The van der Waals surface area contributed by atoms with E-state index in [1.807, 2.05) is 12.1 Å². The minimum atomic E-state index is -0.0475. The Labute approximate surface area is 128 Å². The zero-order valence-corrected chi connectivity index (χ0v) is 12.6. The van der Waals surface area contributed by atoms with E-state index in [-0.39, 0.29) is 6.03 Å². The first kappa shape index (κ1) is 15.0. The smallest absolute Gasteiger partial charge is 0.317 e. The molecule has 1 heterocycles. The van der Waals surface area contributed by atoms with Gasteiger partial charge < -0.3 is 15.1 Å². The van der Waals surface area contributed by atoms with Crippen LogP contribution in [0.4, 0.5) is 10.5 Å². The molecule has 0 aliphatic carbocycles. The van der Waals surface area contributed by atoms with Crippen molar-refractivity contribution in [1.29, 1.82) is 0 Å². The topological polar surface area (TPSA) is 35.6 Å². The molecule has 1 N–H and O–H groups in total. The molecule has 1 fully saturated rings. The molecule has 0 aromatic heterocycles. The number of carbonyl (C=O) groups is 1. The summed E-state index contributed by atoms with van der Waals surface area (Å²) in [6, 6.07) is 5.45. The Balaban J connectivity index is 1.93. The molecule has 1 aliphatic rings. The van der Waals surface area contributed by atoms with Crippen molar-refractivity contribution in [1.82, 2.24) is 10.2 Å². The molecule has 2 rings (SSSR count). The summed E-state index contributed by atoms with van der Waals surface area (Å²) in [5.41, 5.74) is 0.994. The van der Waals surface area contributed by atoms with Crippen molar-refractivity contribution in [2.45, 2.75) is 0 Å². The largest absolute Gasteiger partial charge is 0.368 e. The second kappa shape index (κ2) is 6.86. The summed E-state index contributed by atoms with van der Waals surface area (Å²) in [4.78, 5) is 15.8. The predicted octanol–water partition coefficient (Wildman–Crippen LogP) is 3.01. The fraction of sp³-hybridized carbons (Fsp3) is 0.357. The monoisotopic (exact) mass is 313 g/mol. The number of carbonyl (C=O) groups excluding carboxylic acids is 1. The van der Waals surface area contributed by atoms with Gasteiger partial charge in [-0.15, -0.1) is 6.58 Å². The van der Waals surface area contributed by atoms with Gasteiger partial charge in [-0.1, -0.05) is 29.3 Å². The van der Waals surface area contributed by atoms with Gasteiger partial charge >= 0.3 is 6.03 Å². The van der Waals surface area contributed by atoms with Gasteiger partial charge in [-0.25, -0.2) is 4.79 Å². The Morgan fingerprint density at radius 1 is 1.20 bits per heavy atom. The minimum Gasteiger partial charge on any atom is -0.368 e. The molecule has 0 atom stereocenters. The molecule has 0 radical (unpaired) electrons. The summed E-state index contributed by atoms with van der Waals surface area (Å²) in [7, 11) is 0. The summed E-state index contributed by atoms with van der Waals surface area (Å²) in [5, 5.41) is 4.03. The third-order valence-corrected chi connectivity index (χ3v) is 3.61. The van der Waals surface area contributed by atoms with Crippen LogP contribution in [0.3, 0.4) is 0 Å². The van der Waals surface area contributed by atoms with Crippen molar-refractivity contribution in [3.8, 4) is 0 Å². The number of halogens is 2. The maximum absolute atomic E-state index is 11.8. The number of urea groups is 1. The molecule has 1 saturated heterocycles. The molecule has 0 bridgehead atoms. The summed E-state index contributed by atoms with van der Waals surface area (Å²) >= 11 is 12.0. The average Bonchev–Trinajstić information content (AvgIpc) is 2.44. The second-order valence-electron chi connectivity index (χ2n) is 4.58. The van der Waals surface area contributed by atoms with Crippen molar-refractivity contribution >= 4 is 34.9 Å². The van der Waals surface area contributed by atoms with Crippen molar-refractivity contribution in [2.24, 2.45) is 0 Å². The fourth-order valence-corrected chi connectivity index (χ4v) is 2.68. The van der Waals surface area contributed by atoms with Crippen LogP contribution in [0, 0.1) is 0 Å². The van der Waals surface area contributed by atoms with E-state index in [4.69, 9.17) is 23.2 Å². The number of rotatable bonds is 3. The molecule has 1 aromatic rings. The summed E-state index contributed by atoms with van der Waals surface area (Å²) < 4.78 is 0. The van der Waals surface area contributed by atoms with Crippen molar-refractivity contribution in [3.63, 3.8) is 0 Å². The lowest BCUT2D eigenvalue weighted by Gasteiger charge is -2.36. The molecular weight excluding hydrogens is 297 g/mol. The first-order valence-corrected chi connectivity index (χ1v) is 7.20. The van der Waals surface area contributed by atoms with Gasteiger partial charge in [0.15, 0.2) is 0 Å². The number of nitrogens with one attached hydrogen (secondary N) is 1. The van der Waals surface area contributed by atoms with E-state index >= 15 is 0 Å². The normalized spacial score (nSPS) is 15.1. The molecular formula is C14H17Cl2N3O. The van der Waals surface area contributed by atoms with Gasteiger partial charge in [0.25, 0.3) is 0 Å². The molecule has 108 valence electrons. The number of hydrogen-bond donors (Lipinski definition) is 1. The Kier molecular flexibility index (Phi) is 5.15. The van der Waals surface area contributed by atoms with Gasteiger partial charge in [0.05, 0.1) is 0 Å². The summed E-state index contributed by atoms with van der Waals surface area (Å²) in [5.74, 6) is 0. The molecule has 0 spiro atoms. The van der Waals surface area contributed by atoms with Crippen LogP contribution in [0.2, 0.25) is 10.0 Å². The number of hydrogen-bond acceptors (Lipinski definition) is 2. The lowest BCUT2D eigenvalue weighted by atomic mass is 10.2. The number of nitrogens with zero attached hydrogens (tertiary/aromatic N) is 2. The molecule has 1 aromatic carbocycles. The van der Waals surface area contributed by atoms with Crippen LogP contribution >= 0.6 is 23.2 Å². The van der Waals surface area contributed by atoms with Crippen LogP contribution in [0.25, 0.3) is 0 Å². The Morgan fingerprint density at radius 3 is 2.35 bits per heavy atom. The van der Waals surface area contributed by atoms with Gasteiger partial charge in [-0.3, -0.25) is 0 Å². The van der Waals surface area contributed by atoms with Crippen LogP contribution in [-0.4, -0.2) is 43.7 Å². The van der Waals surface area contributed by atoms with E-state index < -0.39 is 0 Å². The Hall–Kier alpha value is -1.39. The van der Waals surface area contributed by atoms with Crippen molar-refractivity contribution in [3.05, 3.63) is 40.9 Å². The van der Waals surface area contributed by atoms with Crippen LogP contribution in [-0.2, 0) is 0 Å². The molecule has 0 saturated carbocycles. The van der Waals surface area contributed by atoms with Crippen LogP contribution < -0.4 is 10.2 Å². The third kappa shape index (κ3) is 3.81. The van der Waals surface area contributed by atoms with E-state index in [1.165, 1.54) is 0 Å². The number of anilines is 1. The van der Waals surface area contributed by atoms with E-state index in [2.05, 4.69) is 16.8 Å². The lowest BCUT2D eigenvalue weighted by molar-refractivity contribution is 0.195. The predicted molar refractivity (Wildman–Crippen MR) is 83.8 cm³/mol. The van der Waals surface area contributed by atoms with Gasteiger partial charge in [0.1, 0.15) is 0 Å². The first-order valence-electron chi connectivity index (χ1n) is 6.45. The highest BCUT2D eigenvalue weighted by Crippen LogP contribution is 2.26. The van der Waals surface area contributed by atoms with Gasteiger partial charge in [-0.2, -0.15) is 0 Å². The first-order chi connectivity index (χ1) is 9.60. The molecule has 20 heavy (non-hydrogen) atoms. The standard InChI is InChI=1S/C14H17Cl2N3O/c1-2-3-17-14(20)19-6-4-18(5-7-19)13-9-11(15)8-12(16)10-13/h2,8-10H,1,3-7H2,(H,17,20). The van der Waals surface area contributed by atoms with Gasteiger partial charge in [0.2, 0.25) is 0 Å². The van der Waals surface area contributed by atoms with Crippen molar-refractivity contribution in [2.75, 3.05) is 37.6 Å². The molecule has 6 heteroatoms. The highest BCUT2D eigenvalue weighted by atomic mass is 35.5. The fourth-order valence-electron chi connectivity index (χ4n) is 2.16. The molecule has 1 aliphatic heterocycles. The number of amides is 2. The van der Waals surface area contributed by atoms with Crippen LogP contribution in [0.1, 0.15) is 0 Å². The molecule has 4 nitrogen and oxygen atoms in total. The average molecular weight is 314 g/mol. The highest BCUT2D eigenvalue weighted by molar-refractivity contribution is 6.35.